The Balaban J connectivity index is 1.68. The molecule has 0 aromatic heterocycles. The molecule has 0 unspecified atom stereocenters. The molecule has 0 fully saturated rings. The van der Waals surface area contributed by atoms with Crippen LogP contribution in [0.5, 0.6) is 0 Å². The number of benzene rings is 4. The number of hydrogen-bond donors (Lipinski definition) is 0. The summed E-state index contributed by atoms with van der Waals surface area (Å²) in [4.78, 5) is 21.4. The first-order valence-corrected chi connectivity index (χ1v) is 10.9. The highest BCUT2D eigenvalue weighted by atomic mass is 16.6. The summed E-state index contributed by atoms with van der Waals surface area (Å²) < 4.78 is 0. The van der Waals surface area contributed by atoms with Gasteiger partial charge >= 0.3 is 0 Å². The molecular formula is C26H18N6O4. The summed E-state index contributed by atoms with van der Waals surface area (Å²) in [6, 6.07) is 30.9. The molecule has 4 aromatic carbocycles. The summed E-state index contributed by atoms with van der Waals surface area (Å²) in [6.07, 6.45) is 0. The van der Waals surface area contributed by atoms with Gasteiger partial charge in [-0.25, -0.2) is 10.0 Å². The van der Waals surface area contributed by atoms with Crippen molar-refractivity contribution >= 4 is 34.4 Å². The molecule has 1 heterocycles. The third kappa shape index (κ3) is 4.38. The molecule has 0 atom stereocenters. The van der Waals surface area contributed by atoms with Crippen LogP contribution in [-0.2, 0) is 0 Å². The van der Waals surface area contributed by atoms with Gasteiger partial charge in [-0.1, -0.05) is 36.4 Å². The second-order valence-electron chi connectivity index (χ2n) is 7.75. The summed E-state index contributed by atoms with van der Waals surface area (Å²) in [7, 11) is 0. The molecule has 10 nitrogen and oxygen atoms in total. The normalized spacial score (nSPS) is 13.1. The van der Waals surface area contributed by atoms with Gasteiger partial charge in [0.15, 0.2) is 11.7 Å². The molecule has 36 heavy (non-hydrogen) atoms. The summed E-state index contributed by atoms with van der Waals surface area (Å²) in [5, 5.41) is 35.5. The van der Waals surface area contributed by atoms with Crippen LogP contribution >= 0.6 is 0 Å². The molecule has 10 heteroatoms. The van der Waals surface area contributed by atoms with Gasteiger partial charge in [-0.2, -0.15) is 0 Å². The van der Waals surface area contributed by atoms with Crippen molar-refractivity contribution in [1.82, 2.24) is 0 Å². The Bertz CT molecular complexity index is 1360. The molecule has 0 radical (unpaired) electrons. The van der Waals surface area contributed by atoms with E-state index in [0.717, 1.165) is 11.4 Å². The van der Waals surface area contributed by atoms with E-state index >= 15 is 0 Å². The standard InChI is InChI=1S/C26H18N6O4/c33-31(34)23-15-11-19(12-16-23)25-28-30(22-9-5-2-6-10-22)26(20-13-17-24(18-14-20)32(35)36)27-29(25)21-7-3-1-4-8-21/h1-18H. The Hall–Kier alpha value is -5.38. The SMILES string of the molecule is O=[N+]([O-])c1ccc(C2=NN(c3ccccc3)C(c3ccc([N+](=O)[O-])cc3)=NN2c2ccccc2)cc1. The quantitative estimate of drug-likeness (QED) is 0.265. The van der Waals surface area contributed by atoms with Crippen LogP contribution in [0, 0.1) is 20.2 Å². The molecule has 4 aromatic rings. The lowest BCUT2D eigenvalue weighted by Gasteiger charge is -2.32. The number of nitrogens with zero attached hydrogens (tertiary/aromatic N) is 6. The lowest BCUT2D eigenvalue weighted by Crippen LogP contribution is -2.41. The molecule has 0 N–H and O–H groups in total. The smallest absolute Gasteiger partial charge is 0.258 e. The molecule has 0 saturated heterocycles. The minimum atomic E-state index is -0.456. The third-order valence-electron chi connectivity index (χ3n) is 5.46. The van der Waals surface area contributed by atoms with Crippen LogP contribution in [-0.4, -0.2) is 21.5 Å². The maximum absolute atomic E-state index is 11.2. The molecule has 0 amide bonds. The maximum Gasteiger partial charge on any atom is 0.269 e. The molecule has 0 aliphatic carbocycles. The van der Waals surface area contributed by atoms with Gasteiger partial charge in [0.2, 0.25) is 0 Å². The number of nitro groups is 2. The Morgan fingerprint density at radius 2 is 0.833 bits per heavy atom. The lowest BCUT2D eigenvalue weighted by molar-refractivity contribution is -0.385. The summed E-state index contributed by atoms with van der Waals surface area (Å²) >= 11 is 0. The van der Waals surface area contributed by atoms with Crippen LogP contribution in [0.4, 0.5) is 22.7 Å². The van der Waals surface area contributed by atoms with Gasteiger partial charge in [-0.15, -0.1) is 10.2 Å². The maximum atomic E-state index is 11.2. The Morgan fingerprint density at radius 3 is 1.14 bits per heavy atom. The van der Waals surface area contributed by atoms with Crippen LogP contribution in [0.1, 0.15) is 11.1 Å². The molecule has 0 spiro atoms. The zero-order valence-corrected chi connectivity index (χ0v) is 18.7. The second-order valence-corrected chi connectivity index (χ2v) is 7.75. The van der Waals surface area contributed by atoms with Gasteiger partial charge in [0.25, 0.3) is 11.4 Å². The van der Waals surface area contributed by atoms with Crippen molar-refractivity contribution in [3.05, 3.63) is 141 Å². The zero-order valence-electron chi connectivity index (χ0n) is 18.7. The van der Waals surface area contributed by atoms with Gasteiger partial charge in [0.1, 0.15) is 0 Å². The van der Waals surface area contributed by atoms with Gasteiger partial charge in [-0.05, 0) is 48.5 Å². The van der Waals surface area contributed by atoms with Crippen LogP contribution in [0.25, 0.3) is 0 Å². The molecule has 0 saturated carbocycles. The van der Waals surface area contributed by atoms with Crippen molar-refractivity contribution in [1.29, 1.82) is 0 Å². The van der Waals surface area contributed by atoms with Crippen molar-refractivity contribution < 1.29 is 9.85 Å². The van der Waals surface area contributed by atoms with E-state index in [1.54, 1.807) is 34.3 Å². The fraction of sp³-hybridized carbons (Fsp3) is 0. The fourth-order valence-electron chi connectivity index (χ4n) is 3.69. The van der Waals surface area contributed by atoms with Crippen LogP contribution < -0.4 is 10.0 Å². The fourth-order valence-corrected chi connectivity index (χ4v) is 3.69. The summed E-state index contributed by atoms with van der Waals surface area (Å²) in [6.45, 7) is 0. The monoisotopic (exact) mass is 478 g/mol. The van der Waals surface area contributed by atoms with Crippen LogP contribution in [0.2, 0.25) is 0 Å². The van der Waals surface area contributed by atoms with Gasteiger partial charge in [0, 0.05) is 35.4 Å². The number of hydrogen-bond acceptors (Lipinski definition) is 8. The van der Waals surface area contributed by atoms with Crippen molar-refractivity contribution in [2.45, 2.75) is 0 Å². The zero-order chi connectivity index (χ0) is 25.1. The van der Waals surface area contributed by atoms with Crippen molar-refractivity contribution in [3.8, 4) is 0 Å². The Kier molecular flexibility index (Phi) is 5.90. The number of rotatable bonds is 6. The van der Waals surface area contributed by atoms with Gasteiger partial charge < -0.3 is 0 Å². The summed E-state index contributed by atoms with van der Waals surface area (Å²) in [5.74, 6) is 0.899. The van der Waals surface area contributed by atoms with E-state index in [-0.39, 0.29) is 11.4 Å². The molecule has 5 rings (SSSR count). The van der Waals surface area contributed by atoms with Crippen molar-refractivity contribution in [2.24, 2.45) is 10.2 Å². The number of non-ortho nitro benzene ring substituents is 2. The highest BCUT2D eigenvalue weighted by molar-refractivity contribution is 6.19. The van der Waals surface area contributed by atoms with Crippen molar-refractivity contribution in [2.75, 3.05) is 10.0 Å². The average Bonchev–Trinajstić information content (AvgIpc) is 2.93. The first kappa shape index (κ1) is 22.4. The molecule has 0 bridgehead atoms. The van der Waals surface area contributed by atoms with E-state index in [0.29, 0.717) is 22.8 Å². The van der Waals surface area contributed by atoms with Crippen molar-refractivity contribution in [3.63, 3.8) is 0 Å². The van der Waals surface area contributed by atoms with E-state index in [4.69, 9.17) is 10.2 Å². The van der Waals surface area contributed by atoms with Gasteiger partial charge in [-0.3, -0.25) is 20.2 Å². The first-order chi connectivity index (χ1) is 17.5. The van der Waals surface area contributed by atoms with E-state index in [1.807, 2.05) is 60.7 Å². The topological polar surface area (TPSA) is 117 Å². The minimum Gasteiger partial charge on any atom is -0.258 e. The van der Waals surface area contributed by atoms with Crippen LogP contribution in [0.15, 0.2) is 119 Å². The third-order valence-corrected chi connectivity index (χ3v) is 5.46. The number of anilines is 2. The number of nitro benzene ring substituents is 2. The Morgan fingerprint density at radius 1 is 0.500 bits per heavy atom. The largest absolute Gasteiger partial charge is 0.269 e. The van der Waals surface area contributed by atoms with E-state index in [9.17, 15) is 20.2 Å². The molecule has 1 aliphatic heterocycles. The average molecular weight is 478 g/mol. The summed E-state index contributed by atoms with van der Waals surface area (Å²) in [5.41, 5.74) is 2.63. The second kappa shape index (κ2) is 9.47. The Labute approximate surface area is 205 Å². The molecule has 176 valence electrons. The highest BCUT2D eigenvalue weighted by Gasteiger charge is 2.28. The first-order valence-electron chi connectivity index (χ1n) is 10.9. The van der Waals surface area contributed by atoms with E-state index in [2.05, 4.69) is 0 Å². The highest BCUT2D eigenvalue weighted by Crippen LogP contribution is 2.28. The molecular weight excluding hydrogens is 460 g/mol. The number of amidine groups is 2. The predicted molar refractivity (Wildman–Crippen MR) is 137 cm³/mol. The number of para-hydroxylation sites is 2. The predicted octanol–water partition coefficient (Wildman–Crippen LogP) is 5.55. The van der Waals surface area contributed by atoms with Crippen LogP contribution in [0.3, 0.4) is 0 Å². The lowest BCUT2D eigenvalue weighted by atomic mass is 10.1. The van der Waals surface area contributed by atoms with E-state index < -0.39 is 9.85 Å². The minimum absolute atomic E-state index is 0.0311. The van der Waals surface area contributed by atoms with E-state index in [1.165, 1.54) is 24.3 Å². The molecule has 1 aliphatic rings. The van der Waals surface area contributed by atoms with Gasteiger partial charge in [0.05, 0.1) is 21.2 Å². The number of hydrazone groups is 2.